The number of carbonyl (C=O) groups excluding carboxylic acids is 2. The molecule has 0 spiro atoms. The van der Waals surface area contributed by atoms with E-state index in [-0.39, 0.29) is 29.5 Å². The van der Waals surface area contributed by atoms with Gasteiger partial charge in [0.1, 0.15) is 0 Å². The van der Waals surface area contributed by atoms with E-state index in [2.05, 4.69) is 4.74 Å². The number of esters is 1. The van der Waals surface area contributed by atoms with Crippen LogP contribution in [0, 0.1) is 11.8 Å². The average molecular weight is 313 g/mol. The van der Waals surface area contributed by atoms with Crippen LogP contribution in [0.3, 0.4) is 0 Å². The van der Waals surface area contributed by atoms with Crippen LogP contribution in [0.5, 0.6) is 0 Å². The summed E-state index contributed by atoms with van der Waals surface area (Å²) in [5.74, 6) is -0.592. The normalized spacial score (nSPS) is 23.5. The first-order valence-electron chi connectivity index (χ1n) is 6.88. The summed E-state index contributed by atoms with van der Waals surface area (Å²) in [4.78, 5) is 24.8. The standard InChI is InChI=1S/C15H14F3NO3/c1-22-14(21)8-2-3-9(12(5-8)15(16,17)18)6-19-7-10-4-11(10)13(19)20/h2-3,5,10-11H,4,6-7H2,1H3. The van der Waals surface area contributed by atoms with Crippen LogP contribution in [0.2, 0.25) is 0 Å². The Morgan fingerprint density at radius 2 is 2.14 bits per heavy atom. The molecule has 1 amide bonds. The van der Waals surface area contributed by atoms with E-state index in [0.29, 0.717) is 12.5 Å². The van der Waals surface area contributed by atoms with Gasteiger partial charge in [-0.25, -0.2) is 4.79 Å². The van der Waals surface area contributed by atoms with Crippen LogP contribution < -0.4 is 0 Å². The highest BCUT2D eigenvalue weighted by Gasteiger charge is 2.52. The molecule has 1 aliphatic carbocycles. The smallest absolute Gasteiger partial charge is 0.416 e. The number of alkyl halides is 3. The van der Waals surface area contributed by atoms with Gasteiger partial charge in [0.15, 0.2) is 0 Å². The molecule has 1 saturated heterocycles. The van der Waals surface area contributed by atoms with Crippen LogP contribution in [-0.4, -0.2) is 30.4 Å². The zero-order valence-corrected chi connectivity index (χ0v) is 11.8. The topological polar surface area (TPSA) is 46.6 Å². The van der Waals surface area contributed by atoms with Crippen molar-refractivity contribution in [3.63, 3.8) is 0 Å². The SMILES string of the molecule is COC(=O)c1ccc(CN2CC3CC3C2=O)c(C(F)(F)F)c1. The van der Waals surface area contributed by atoms with E-state index < -0.39 is 17.7 Å². The van der Waals surface area contributed by atoms with E-state index in [1.54, 1.807) is 0 Å². The monoisotopic (exact) mass is 313 g/mol. The number of ether oxygens (including phenoxy) is 1. The van der Waals surface area contributed by atoms with Crippen LogP contribution in [0.4, 0.5) is 13.2 Å². The van der Waals surface area contributed by atoms with Crippen molar-refractivity contribution in [2.45, 2.75) is 19.1 Å². The zero-order valence-electron chi connectivity index (χ0n) is 11.8. The van der Waals surface area contributed by atoms with Crippen LogP contribution >= 0.6 is 0 Å². The van der Waals surface area contributed by atoms with Gasteiger partial charge in [-0.05, 0) is 30.0 Å². The maximum Gasteiger partial charge on any atom is 0.416 e. The van der Waals surface area contributed by atoms with Crippen molar-refractivity contribution >= 4 is 11.9 Å². The highest BCUT2D eigenvalue weighted by molar-refractivity contribution is 5.89. The lowest BCUT2D eigenvalue weighted by Gasteiger charge is -2.21. The molecule has 0 aromatic heterocycles. The Bertz CT molecular complexity index is 641. The summed E-state index contributed by atoms with van der Waals surface area (Å²) < 4.78 is 44.0. The molecule has 2 atom stereocenters. The number of nitrogens with zero attached hydrogens (tertiary/aromatic N) is 1. The summed E-state index contributed by atoms with van der Waals surface area (Å²) >= 11 is 0. The Hall–Kier alpha value is -2.05. The maximum atomic E-state index is 13.2. The summed E-state index contributed by atoms with van der Waals surface area (Å²) in [5.41, 5.74) is -1.06. The quantitative estimate of drug-likeness (QED) is 0.805. The van der Waals surface area contributed by atoms with Gasteiger partial charge in [0.2, 0.25) is 5.91 Å². The van der Waals surface area contributed by atoms with Gasteiger partial charge in [-0.2, -0.15) is 13.2 Å². The van der Waals surface area contributed by atoms with Crippen molar-refractivity contribution in [3.05, 3.63) is 34.9 Å². The average Bonchev–Trinajstić information content (AvgIpc) is 3.17. The van der Waals surface area contributed by atoms with Gasteiger partial charge in [0, 0.05) is 19.0 Å². The molecule has 1 heterocycles. The Kier molecular flexibility index (Phi) is 3.38. The number of fused-ring (bicyclic) bond motifs is 1. The molecule has 7 heteroatoms. The number of rotatable bonds is 3. The van der Waals surface area contributed by atoms with Crippen LogP contribution in [0.1, 0.15) is 27.9 Å². The van der Waals surface area contributed by atoms with Gasteiger partial charge in [-0.3, -0.25) is 4.79 Å². The fourth-order valence-corrected chi connectivity index (χ4v) is 2.93. The number of hydrogen-bond acceptors (Lipinski definition) is 3. The minimum Gasteiger partial charge on any atom is -0.465 e. The molecule has 2 unspecified atom stereocenters. The molecule has 1 saturated carbocycles. The molecule has 2 fully saturated rings. The predicted molar refractivity (Wildman–Crippen MR) is 69.8 cm³/mol. The van der Waals surface area contributed by atoms with E-state index in [9.17, 15) is 22.8 Å². The third-order valence-corrected chi connectivity index (χ3v) is 4.20. The van der Waals surface area contributed by atoms with Crippen molar-refractivity contribution < 1.29 is 27.5 Å². The van der Waals surface area contributed by atoms with Crippen molar-refractivity contribution in [2.75, 3.05) is 13.7 Å². The number of amides is 1. The molecule has 1 aliphatic heterocycles. The molecular weight excluding hydrogens is 299 g/mol. The zero-order chi connectivity index (χ0) is 16.1. The Labute approximate surface area is 124 Å². The van der Waals surface area contributed by atoms with E-state index in [0.717, 1.165) is 19.6 Å². The molecule has 1 aromatic rings. The van der Waals surface area contributed by atoms with Gasteiger partial charge >= 0.3 is 12.1 Å². The van der Waals surface area contributed by atoms with Gasteiger partial charge in [-0.1, -0.05) is 6.07 Å². The van der Waals surface area contributed by atoms with Crippen molar-refractivity contribution in [2.24, 2.45) is 11.8 Å². The Morgan fingerprint density at radius 1 is 1.41 bits per heavy atom. The minimum absolute atomic E-state index is 0.00341. The third-order valence-electron chi connectivity index (χ3n) is 4.20. The molecule has 3 rings (SSSR count). The number of benzene rings is 1. The van der Waals surface area contributed by atoms with Crippen molar-refractivity contribution in [1.82, 2.24) is 4.90 Å². The molecule has 0 radical (unpaired) electrons. The molecular formula is C15H14F3NO3. The molecule has 4 nitrogen and oxygen atoms in total. The number of methoxy groups -OCH3 is 1. The number of likely N-dealkylation sites (tertiary alicyclic amines) is 1. The number of carbonyl (C=O) groups is 2. The molecule has 0 bridgehead atoms. The second kappa shape index (κ2) is 5.00. The van der Waals surface area contributed by atoms with E-state index >= 15 is 0 Å². The first-order chi connectivity index (χ1) is 10.3. The van der Waals surface area contributed by atoms with Crippen LogP contribution in [-0.2, 0) is 22.3 Å². The van der Waals surface area contributed by atoms with Crippen molar-refractivity contribution in [3.8, 4) is 0 Å². The fourth-order valence-electron chi connectivity index (χ4n) is 2.93. The number of piperidine rings is 1. The van der Waals surface area contributed by atoms with Crippen molar-refractivity contribution in [1.29, 1.82) is 0 Å². The highest BCUT2D eigenvalue weighted by Crippen LogP contribution is 2.46. The first-order valence-corrected chi connectivity index (χ1v) is 6.88. The van der Waals surface area contributed by atoms with E-state index in [1.165, 1.54) is 17.0 Å². The summed E-state index contributed by atoms with van der Waals surface area (Å²) in [6, 6.07) is 3.31. The summed E-state index contributed by atoms with van der Waals surface area (Å²) in [5, 5.41) is 0. The molecule has 118 valence electrons. The summed E-state index contributed by atoms with van der Waals surface area (Å²) in [6.07, 6.45) is -3.74. The summed E-state index contributed by atoms with van der Waals surface area (Å²) in [7, 11) is 1.11. The van der Waals surface area contributed by atoms with E-state index in [1.807, 2.05) is 0 Å². The largest absolute Gasteiger partial charge is 0.465 e. The second-order valence-electron chi connectivity index (χ2n) is 5.68. The van der Waals surface area contributed by atoms with Crippen LogP contribution in [0.15, 0.2) is 18.2 Å². The fraction of sp³-hybridized carbons (Fsp3) is 0.467. The molecule has 2 aliphatic rings. The Morgan fingerprint density at radius 3 is 2.68 bits per heavy atom. The third kappa shape index (κ3) is 2.55. The molecule has 22 heavy (non-hydrogen) atoms. The maximum absolute atomic E-state index is 13.2. The van der Waals surface area contributed by atoms with Gasteiger partial charge in [-0.15, -0.1) is 0 Å². The highest BCUT2D eigenvalue weighted by atomic mass is 19.4. The van der Waals surface area contributed by atoms with Gasteiger partial charge in [0.05, 0.1) is 18.2 Å². The lowest BCUT2D eigenvalue weighted by atomic mass is 10.0. The summed E-state index contributed by atoms with van der Waals surface area (Å²) in [6.45, 7) is 0.432. The predicted octanol–water partition coefficient (Wildman–Crippen LogP) is 2.47. The van der Waals surface area contributed by atoms with Gasteiger partial charge < -0.3 is 9.64 Å². The molecule has 0 N–H and O–H groups in total. The lowest BCUT2D eigenvalue weighted by molar-refractivity contribution is -0.139. The van der Waals surface area contributed by atoms with Crippen LogP contribution in [0.25, 0.3) is 0 Å². The molecule has 1 aromatic carbocycles. The Balaban J connectivity index is 1.89. The van der Waals surface area contributed by atoms with Gasteiger partial charge in [0.25, 0.3) is 0 Å². The lowest BCUT2D eigenvalue weighted by Crippen LogP contribution is -2.29. The number of hydrogen-bond donors (Lipinski definition) is 0. The first kappa shape index (κ1) is 14.9. The second-order valence-corrected chi connectivity index (χ2v) is 5.68. The van der Waals surface area contributed by atoms with E-state index in [4.69, 9.17) is 0 Å². The number of halogens is 3. The minimum atomic E-state index is -4.59.